The van der Waals surface area contributed by atoms with E-state index in [-0.39, 0.29) is 11.4 Å². The maximum Gasteiger partial charge on any atom is 0.336 e. The molecule has 0 atom stereocenters. The molecular weight excluding hydrogens is 482 g/mol. The number of ether oxygens (including phenoxy) is 1. The molecule has 1 saturated heterocycles. The second-order valence-electron chi connectivity index (χ2n) is 9.57. The Hall–Kier alpha value is -3.76. The summed E-state index contributed by atoms with van der Waals surface area (Å²) in [4.78, 5) is 44.4. The van der Waals surface area contributed by atoms with Gasteiger partial charge < -0.3 is 30.1 Å². The highest BCUT2D eigenvalue weighted by Crippen LogP contribution is 2.49. The molecule has 10 nitrogen and oxygen atoms in total. The fourth-order valence-corrected chi connectivity index (χ4v) is 5.18. The fourth-order valence-electron chi connectivity index (χ4n) is 5.18. The quantitative estimate of drug-likeness (QED) is 0.333. The van der Waals surface area contributed by atoms with Crippen molar-refractivity contribution in [2.45, 2.75) is 50.0 Å². The van der Waals surface area contributed by atoms with Gasteiger partial charge in [0.2, 0.25) is 0 Å². The highest BCUT2D eigenvalue weighted by atomic mass is 16.5. The predicted molar refractivity (Wildman–Crippen MR) is 132 cm³/mol. The van der Waals surface area contributed by atoms with Crippen LogP contribution in [0, 0.1) is 0 Å². The standard InChI is InChI=1S/C21H23NO2.C6H8O7/c1-15(23)24-20-9-5-8-19-17(20)14-16-6-3-4-7-18(16)21(19)10-12-22(2)13-11-21;7-3(8)1-6(13,5(11)12)2-4(9)10/h3-9H,10-14H2,1-2H3;13H,1-2H2,(H,7,8)(H,9,10)(H,11,12). The van der Waals surface area contributed by atoms with E-state index in [0.717, 1.165) is 38.1 Å². The van der Waals surface area contributed by atoms with Crippen molar-refractivity contribution in [1.29, 1.82) is 0 Å². The van der Waals surface area contributed by atoms with Crippen LogP contribution in [0.2, 0.25) is 0 Å². The van der Waals surface area contributed by atoms with Crippen molar-refractivity contribution in [2.75, 3.05) is 20.1 Å². The number of carboxylic acids is 3. The van der Waals surface area contributed by atoms with Crippen molar-refractivity contribution in [1.82, 2.24) is 4.90 Å². The SMILES string of the molecule is CC(=O)Oc1cccc2c1Cc1ccccc1C21CCN(C)CC1.O=C(O)CC(O)(CC(=O)O)C(=O)O. The van der Waals surface area contributed by atoms with Crippen LogP contribution in [0.15, 0.2) is 42.5 Å². The number of carbonyl (C=O) groups is 4. The molecule has 2 aromatic carbocycles. The number of esters is 1. The zero-order valence-electron chi connectivity index (χ0n) is 20.8. The molecule has 1 aliphatic carbocycles. The van der Waals surface area contributed by atoms with Crippen LogP contribution in [-0.2, 0) is 31.0 Å². The van der Waals surface area contributed by atoms with E-state index < -0.39 is 36.4 Å². The van der Waals surface area contributed by atoms with E-state index in [1.54, 1.807) is 0 Å². The van der Waals surface area contributed by atoms with E-state index in [4.69, 9.17) is 25.2 Å². The largest absolute Gasteiger partial charge is 0.481 e. The Labute approximate surface area is 214 Å². The van der Waals surface area contributed by atoms with Crippen molar-refractivity contribution >= 4 is 23.9 Å². The highest BCUT2D eigenvalue weighted by Gasteiger charge is 2.43. The first kappa shape index (κ1) is 27.8. The van der Waals surface area contributed by atoms with Crippen LogP contribution in [0.1, 0.15) is 54.9 Å². The first-order valence-electron chi connectivity index (χ1n) is 11.8. The number of likely N-dealkylation sites (tertiary alicyclic amines) is 1. The van der Waals surface area contributed by atoms with Crippen molar-refractivity contribution in [2.24, 2.45) is 0 Å². The number of benzene rings is 2. The van der Waals surface area contributed by atoms with E-state index in [2.05, 4.69) is 42.3 Å². The van der Waals surface area contributed by atoms with Gasteiger partial charge in [-0.2, -0.15) is 0 Å². The fraction of sp³-hybridized carbons (Fsp3) is 0.407. The molecule has 198 valence electrons. The van der Waals surface area contributed by atoms with Crippen molar-refractivity contribution in [3.05, 3.63) is 64.7 Å². The van der Waals surface area contributed by atoms with Crippen LogP contribution in [0.3, 0.4) is 0 Å². The number of hydrogen-bond donors (Lipinski definition) is 4. The number of nitrogens with zero attached hydrogens (tertiary/aromatic N) is 1. The molecule has 1 spiro atoms. The molecule has 0 unspecified atom stereocenters. The van der Waals surface area contributed by atoms with Gasteiger partial charge in [0.05, 0.1) is 12.8 Å². The molecule has 0 aromatic heterocycles. The van der Waals surface area contributed by atoms with Gasteiger partial charge in [-0.1, -0.05) is 36.4 Å². The minimum atomic E-state index is -2.74. The number of rotatable bonds is 6. The number of fused-ring (bicyclic) bond motifs is 4. The van der Waals surface area contributed by atoms with Gasteiger partial charge in [-0.3, -0.25) is 14.4 Å². The van der Waals surface area contributed by atoms with Crippen molar-refractivity contribution < 1.29 is 44.3 Å². The lowest BCUT2D eigenvalue weighted by Crippen LogP contribution is -2.44. The van der Waals surface area contributed by atoms with Gasteiger partial charge in [0.15, 0.2) is 5.60 Å². The molecule has 0 amide bonds. The van der Waals surface area contributed by atoms with Gasteiger partial charge in [-0.15, -0.1) is 0 Å². The predicted octanol–water partition coefficient (Wildman–Crippen LogP) is 2.28. The van der Waals surface area contributed by atoms with Crippen molar-refractivity contribution in [3.63, 3.8) is 0 Å². The molecule has 0 bridgehead atoms. The zero-order chi connectivity index (χ0) is 27.4. The summed E-state index contributed by atoms with van der Waals surface area (Å²) in [6.07, 6.45) is 0.768. The van der Waals surface area contributed by atoms with Gasteiger partial charge in [0.1, 0.15) is 5.75 Å². The third-order valence-corrected chi connectivity index (χ3v) is 6.93. The molecular formula is C27H31NO9. The van der Waals surface area contributed by atoms with Crippen LogP contribution >= 0.6 is 0 Å². The minimum absolute atomic E-state index is 0.0485. The summed E-state index contributed by atoms with van der Waals surface area (Å²) in [6, 6.07) is 15.0. The smallest absolute Gasteiger partial charge is 0.336 e. The molecule has 1 fully saturated rings. The second-order valence-corrected chi connectivity index (χ2v) is 9.57. The Kier molecular flexibility index (Phi) is 8.35. The van der Waals surface area contributed by atoms with Crippen LogP contribution < -0.4 is 4.74 Å². The molecule has 0 saturated carbocycles. The average Bonchev–Trinajstić information content (AvgIpc) is 2.80. The lowest BCUT2D eigenvalue weighted by Gasteiger charge is -2.46. The maximum atomic E-state index is 11.5. The summed E-state index contributed by atoms with van der Waals surface area (Å²) in [6.45, 7) is 3.65. The maximum absolute atomic E-state index is 11.5. The molecule has 0 radical (unpaired) electrons. The number of hydrogen-bond acceptors (Lipinski definition) is 7. The van der Waals surface area contributed by atoms with Crippen LogP contribution in [0.25, 0.3) is 0 Å². The van der Waals surface area contributed by atoms with Crippen LogP contribution in [0.5, 0.6) is 5.75 Å². The summed E-state index contributed by atoms with van der Waals surface area (Å²) in [5, 5.41) is 33.8. The van der Waals surface area contributed by atoms with E-state index >= 15 is 0 Å². The molecule has 10 heteroatoms. The third kappa shape index (κ3) is 6.15. The molecule has 1 aliphatic heterocycles. The normalized spacial score (nSPS) is 16.0. The second kappa shape index (κ2) is 11.1. The molecule has 4 N–H and O–H groups in total. The monoisotopic (exact) mass is 513 g/mol. The van der Waals surface area contributed by atoms with Crippen LogP contribution in [0.4, 0.5) is 0 Å². The summed E-state index contributed by atoms with van der Waals surface area (Å²) in [5.74, 6) is -4.54. The summed E-state index contributed by atoms with van der Waals surface area (Å²) in [7, 11) is 2.19. The number of aliphatic carboxylic acids is 3. The van der Waals surface area contributed by atoms with E-state index in [0.29, 0.717) is 0 Å². The summed E-state index contributed by atoms with van der Waals surface area (Å²) >= 11 is 0. The van der Waals surface area contributed by atoms with Crippen molar-refractivity contribution in [3.8, 4) is 5.75 Å². The number of carboxylic acid groups (broad SMARTS) is 3. The van der Waals surface area contributed by atoms with E-state index in [9.17, 15) is 19.2 Å². The van der Waals surface area contributed by atoms with Gasteiger partial charge in [-0.25, -0.2) is 4.79 Å². The van der Waals surface area contributed by atoms with Gasteiger partial charge in [0.25, 0.3) is 0 Å². The summed E-state index contributed by atoms with van der Waals surface area (Å²) in [5.41, 5.74) is 2.69. The van der Waals surface area contributed by atoms with E-state index in [1.165, 1.54) is 29.2 Å². The zero-order valence-corrected chi connectivity index (χ0v) is 20.8. The Bertz CT molecular complexity index is 1180. The first-order valence-corrected chi connectivity index (χ1v) is 11.8. The molecule has 4 rings (SSSR count). The summed E-state index contributed by atoms with van der Waals surface area (Å²) < 4.78 is 5.53. The van der Waals surface area contributed by atoms with E-state index in [1.807, 2.05) is 12.1 Å². The molecule has 1 heterocycles. The Morgan fingerprint density at radius 3 is 2.03 bits per heavy atom. The lowest BCUT2D eigenvalue weighted by molar-refractivity contribution is -0.170. The Morgan fingerprint density at radius 1 is 0.919 bits per heavy atom. The number of carbonyl (C=O) groups excluding carboxylic acids is 1. The van der Waals surface area contributed by atoms with Gasteiger partial charge >= 0.3 is 23.9 Å². The molecule has 37 heavy (non-hydrogen) atoms. The first-order chi connectivity index (χ1) is 17.4. The molecule has 2 aliphatic rings. The molecule has 2 aromatic rings. The third-order valence-electron chi connectivity index (χ3n) is 6.93. The van der Waals surface area contributed by atoms with Gasteiger partial charge in [-0.05, 0) is 55.7 Å². The van der Waals surface area contributed by atoms with Crippen LogP contribution in [-0.4, -0.2) is 74.9 Å². The Morgan fingerprint density at radius 2 is 1.49 bits per heavy atom. The number of piperidine rings is 1. The Balaban J connectivity index is 0.000000251. The minimum Gasteiger partial charge on any atom is -0.481 e. The lowest BCUT2D eigenvalue weighted by atomic mass is 9.62. The highest BCUT2D eigenvalue weighted by molar-refractivity contribution is 5.88. The number of aliphatic hydroxyl groups is 1. The van der Waals surface area contributed by atoms with Gasteiger partial charge in [0, 0.05) is 24.3 Å². The topological polar surface area (TPSA) is 162 Å². The average molecular weight is 514 g/mol.